The quantitative estimate of drug-likeness (QED) is 0.764. The first-order valence-corrected chi connectivity index (χ1v) is 6.17. The average molecular weight is 212 g/mol. The first-order valence-electron chi connectivity index (χ1n) is 6.17. The fraction of sp³-hybridized carbons (Fsp3) is 1.00. The topological polar surface area (TPSA) is 38.5 Å². The average Bonchev–Trinajstić information content (AvgIpc) is 2.89. The minimum atomic E-state index is 0.248. The maximum Gasteiger partial charge on any atom is 0.0510 e. The molecule has 15 heavy (non-hydrogen) atoms. The van der Waals surface area contributed by atoms with Crippen molar-refractivity contribution in [3.8, 4) is 0 Å². The van der Waals surface area contributed by atoms with Crippen LogP contribution in [0.3, 0.4) is 0 Å². The van der Waals surface area contributed by atoms with Gasteiger partial charge in [0.15, 0.2) is 0 Å². The summed E-state index contributed by atoms with van der Waals surface area (Å²) < 4.78 is 5.46. The second kappa shape index (κ2) is 4.40. The lowest BCUT2D eigenvalue weighted by Gasteiger charge is -2.43. The van der Waals surface area contributed by atoms with Crippen LogP contribution in [0.5, 0.6) is 0 Å². The van der Waals surface area contributed by atoms with Gasteiger partial charge in [0.1, 0.15) is 0 Å². The summed E-state index contributed by atoms with van der Waals surface area (Å²) in [5.74, 6) is 0.575. The molecule has 88 valence electrons. The number of hydrogen-bond acceptors (Lipinski definition) is 3. The van der Waals surface area contributed by atoms with Crippen LogP contribution in [0.25, 0.3) is 0 Å². The molecule has 2 aliphatic rings. The third-order valence-electron chi connectivity index (χ3n) is 4.45. The van der Waals surface area contributed by atoms with Crippen LogP contribution >= 0.6 is 0 Å². The highest BCUT2D eigenvalue weighted by Gasteiger charge is 2.45. The first-order chi connectivity index (χ1) is 7.17. The van der Waals surface area contributed by atoms with Crippen LogP contribution in [-0.2, 0) is 4.74 Å². The number of rotatable bonds is 3. The van der Waals surface area contributed by atoms with Crippen molar-refractivity contribution in [3.63, 3.8) is 0 Å². The van der Waals surface area contributed by atoms with Crippen LogP contribution in [0.4, 0.5) is 0 Å². The summed E-state index contributed by atoms with van der Waals surface area (Å²) in [6, 6.07) is 0.289. The number of likely N-dealkylation sites (N-methyl/N-ethyl adjacent to an activating group) is 1. The van der Waals surface area contributed by atoms with Gasteiger partial charge in [0.05, 0.1) is 6.61 Å². The molecule has 1 saturated heterocycles. The fourth-order valence-corrected chi connectivity index (χ4v) is 3.34. The Balaban J connectivity index is 2.09. The van der Waals surface area contributed by atoms with E-state index in [4.69, 9.17) is 10.5 Å². The van der Waals surface area contributed by atoms with Crippen molar-refractivity contribution in [1.82, 2.24) is 4.90 Å². The van der Waals surface area contributed by atoms with E-state index in [0.717, 1.165) is 19.6 Å². The monoisotopic (exact) mass is 212 g/mol. The third kappa shape index (κ3) is 1.93. The second-order valence-electron chi connectivity index (χ2n) is 5.35. The van der Waals surface area contributed by atoms with Gasteiger partial charge in [-0.05, 0) is 33.4 Å². The Bertz CT molecular complexity index is 206. The van der Waals surface area contributed by atoms with Gasteiger partial charge in [0, 0.05) is 24.1 Å². The summed E-state index contributed by atoms with van der Waals surface area (Å²) >= 11 is 0. The van der Waals surface area contributed by atoms with Crippen molar-refractivity contribution in [2.75, 3.05) is 27.3 Å². The number of ether oxygens (including phenoxy) is 1. The van der Waals surface area contributed by atoms with Crippen molar-refractivity contribution in [2.24, 2.45) is 11.7 Å². The van der Waals surface area contributed by atoms with Gasteiger partial charge in [0.2, 0.25) is 0 Å². The van der Waals surface area contributed by atoms with Gasteiger partial charge in [-0.25, -0.2) is 0 Å². The van der Waals surface area contributed by atoms with Crippen LogP contribution in [0.2, 0.25) is 0 Å². The lowest BCUT2D eigenvalue weighted by atomic mass is 9.79. The van der Waals surface area contributed by atoms with Crippen LogP contribution in [-0.4, -0.2) is 43.8 Å². The van der Waals surface area contributed by atoms with E-state index in [-0.39, 0.29) is 11.6 Å². The molecule has 3 heteroatoms. The Morgan fingerprint density at radius 1 is 1.33 bits per heavy atom. The molecule has 1 aliphatic heterocycles. The molecule has 3 nitrogen and oxygen atoms in total. The van der Waals surface area contributed by atoms with Crippen LogP contribution < -0.4 is 5.73 Å². The summed E-state index contributed by atoms with van der Waals surface area (Å²) in [6.45, 7) is 1.78. The summed E-state index contributed by atoms with van der Waals surface area (Å²) in [6.07, 6.45) is 6.34. The van der Waals surface area contributed by atoms with Crippen LogP contribution in [0, 0.1) is 5.92 Å². The highest BCUT2D eigenvalue weighted by molar-refractivity contribution is 5.03. The van der Waals surface area contributed by atoms with E-state index in [1.54, 1.807) is 0 Å². The van der Waals surface area contributed by atoms with Crippen molar-refractivity contribution >= 4 is 0 Å². The molecule has 2 N–H and O–H groups in total. The standard InChI is InChI=1S/C12H24N2O/c1-14(2)12(6-3-4-7-12)11(13)10-5-8-15-9-10/h10-11H,3-9,13H2,1-2H3. The molecule has 0 aromatic heterocycles. The Kier molecular flexibility index (Phi) is 3.33. The molecule has 0 aromatic carbocycles. The second-order valence-corrected chi connectivity index (χ2v) is 5.35. The fourth-order valence-electron chi connectivity index (χ4n) is 3.34. The molecule has 0 radical (unpaired) electrons. The van der Waals surface area contributed by atoms with Crippen LogP contribution in [0.1, 0.15) is 32.1 Å². The molecular weight excluding hydrogens is 188 g/mol. The van der Waals surface area contributed by atoms with Gasteiger partial charge in [-0.15, -0.1) is 0 Å². The zero-order valence-electron chi connectivity index (χ0n) is 10.0. The molecule has 2 unspecified atom stereocenters. The van der Waals surface area contributed by atoms with Crippen molar-refractivity contribution < 1.29 is 4.74 Å². The molecule has 0 bridgehead atoms. The maximum atomic E-state index is 6.50. The van der Waals surface area contributed by atoms with Gasteiger partial charge in [0.25, 0.3) is 0 Å². The maximum absolute atomic E-state index is 6.50. The van der Waals surface area contributed by atoms with Gasteiger partial charge in [-0.2, -0.15) is 0 Å². The molecule has 2 fully saturated rings. The van der Waals surface area contributed by atoms with E-state index in [0.29, 0.717) is 5.92 Å². The molecular formula is C12H24N2O. The predicted molar refractivity (Wildman–Crippen MR) is 61.8 cm³/mol. The Morgan fingerprint density at radius 2 is 2.00 bits per heavy atom. The lowest BCUT2D eigenvalue weighted by molar-refractivity contribution is 0.0859. The van der Waals surface area contributed by atoms with Gasteiger partial charge in [-0.1, -0.05) is 12.8 Å². The summed E-state index contributed by atoms with van der Waals surface area (Å²) in [4.78, 5) is 2.36. The van der Waals surface area contributed by atoms with Crippen molar-refractivity contribution in [1.29, 1.82) is 0 Å². The lowest BCUT2D eigenvalue weighted by Crippen LogP contribution is -2.58. The van der Waals surface area contributed by atoms with Gasteiger partial charge < -0.3 is 15.4 Å². The smallest absolute Gasteiger partial charge is 0.0510 e. The minimum Gasteiger partial charge on any atom is -0.381 e. The van der Waals surface area contributed by atoms with E-state index in [2.05, 4.69) is 19.0 Å². The molecule has 0 spiro atoms. The molecule has 2 rings (SSSR count). The molecule has 1 aliphatic carbocycles. The minimum absolute atomic E-state index is 0.248. The number of hydrogen-bond donors (Lipinski definition) is 1. The SMILES string of the molecule is CN(C)C1(C(N)C2CCOC2)CCCC1. The summed E-state index contributed by atoms with van der Waals surface area (Å²) in [5.41, 5.74) is 6.75. The normalized spacial score (nSPS) is 32.4. The highest BCUT2D eigenvalue weighted by atomic mass is 16.5. The zero-order valence-corrected chi connectivity index (χ0v) is 10.0. The number of nitrogens with two attached hydrogens (primary N) is 1. The molecule has 1 saturated carbocycles. The zero-order chi connectivity index (χ0) is 10.9. The number of nitrogens with zero attached hydrogens (tertiary/aromatic N) is 1. The van der Waals surface area contributed by atoms with Crippen molar-refractivity contribution in [3.05, 3.63) is 0 Å². The molecule has 0 aromatic rings. The third-order valence-corrected chi connectivity index (χ3v) is 4.45. The van der Waals surface area contributed by atoms with Gasteiger partial charge in [-0.3, -0.25) is 0 Å². The predicted octanol–water partition coefficient (Wildman–Crippen LogP) is 1.22. The van der Waals surface area contributed by atoms with E-state index in [1.807, 2.05) is 0 Å². The molecule has 0 amide bonds. The van der Waals surface area contributed by atoms with E-state index in [9.17, 15) is 0 Å². The Hall–Kier alpha value is -0.120. The Morgan fingerprint density at radius 3 is 2.47 bits per heavy atom. The van der Waals surface area contributed by atoms with E-state index < -0.39 is 0 Å². The summed E-state index contributed by atoms with van der Waals surface area (Å²) in [5, 5.41) is 0. The summed E-state index contributed by atoms with van der Waals surface area (Å²) in [7, 11) is 4.36. The first kappa shape index (κ1) is 11.4. The molecule has 2 atom stereocenters. The van der Waals surface area contributed by atoms with Crippen molar-refractivity contribution in [2.45, 2.75) is 43.7 Å². The molecule has 1 heterocycles. The van der Waals surface area contributed by atoms with E-state index in [1.165, 1.54) is 25.7 Å². The van der Waals surface area contributed by atoms with Crippen LogP contribution in [0.15, 0.2) is 0 Å². The Labute approximate surface area is 93.0 Å². The largest absolute Gasteiger partial charge is 0.381 e. The van der Waals surface area contributed by atoms with E-state index >= 15 is 0 Å². The van der Waals surface area contributed by atoms with Gasteiger partial charge >= 0.3 is 0 Å². The highest BCUT2D eigenvalue weighted by Crippen LogP contribution is 2.39.